The SMILES string of the molecule is O=C(CC1(c2ccccc2)CCN(C(=O)O)CC1)Nc1ccon1. The van der Waals surface area contributed by atoms with Gasteiger partial charge in [0.05, 0.1) is 0 Å². The number of nitrogens with zero attached hydrogens (tertiary/aromatic N) is 2. The minimum Gasteiger partial charge on any atom is -0.465 e. The highest BCUT2D eigenvalue weighted by atomic mass is 16.5. The maximum atomic E-state index is 12.4. The summed E-state index contributed by atoms with van der Waals surface area (Å²) in [6.07, 6.45) is 1.97. The van der Waals surface area contributed by atoms with Crippen LogP contribution in [-0.2, 0) is 10.2 Å². The molecule has 0 radical (unpaired) electrons. The molecule has 1 fully saturated rings. The summed E-state index contributed by atoms with van der Waals surface area (Å²) in [7, 11) is 0. The number of hydrogen-bond donors (Lipinski definition) is 2. The van der Waals surface area contributed by atoms with E-state index in [4.69, 9.17) is 9.63 Å². The van der Waals surface area contributed by atoms with Crippen LogP contribution < -0.4 is 5.32 Å². The number of nitrogens with one attached hydrogen (secondary N) is 1. The van der Waals surface area contributed by atoms with Gasteiger partial charge in [-0.15, -0.1) is 0 Å². The predicted octanol–water partition coefficient (Wildman–Crippen LogP) is 2.72. The van der Waals surface area contributed by atoms with Gasteiger partial charge >= 0.3 is 6.09 Å². The average Bonchev–Trinajstić information content (AvgIpc) is 3.09. The van der Waals surface area contributed by atoms with Gasteiger partial charge in [-0.2, -0.15) is 0 Å². The number of amides is 2. The van der Waals surface area contributed by atoms with Crippen molar-refractivity contribution in [1.29, 1.82) is 0 Å². The molecule has 2 N–H and O–H groups in total. The van der Waals surface area contributed by atoms with E-state index in [1.165, 1.54) is 11.2 Å². The third kappa shape index (κ3) is 3.40. The largest absolute Gasteiger partial charge is 0.465 e. The van der Waals surface area contributed by atoms with Gasteiger partial charge in [-0.1, -0.05) is 35.5 Å². The van der Waals surface area contributed by atoms with Crippen molar-refractivity contribution in [3.05, 3.63) is 48.2 Å². The van der Waals surface area contributed by atoms with E-state index in [9.17, 15) is 9.59 Å². The van der Waals surface area contributed by atoms with Gasteiger partial charge in [0, 0.05) is 31.0 Å². The lowest BCUT2D eigenvalue weighted by atomic mass is 9.70. The van der Waals surface area contributed by atoms with Gasteiger partial charge in [0.15, 0.2) is 5.82 Å². The lowest BCUT2D eigenvalue weighted by Gasteiger charge is -2.41. The smallest absolute Gasteiger partial charge is 0.407 e. The first-order chi connectivity index (χ1) is 11.6. The molecule has 0 unspecified atom stereocenters. The van der Waals surface area contributed by atoms with Crippen LogP contribution in [0.2, 0.25) is 0 Å². The molecule has 1 aliphatic heterocycles. The molecule has 0 spiro atoms. The predicted molar refractivity (Wildman–Crippen MR) is 86.7 cm³/mol. The van der Waals surface area contributed by atoms with Crippen LogP contribution in [0.1, 0.15) is 24.8 Å². The molecule has 0 atom stereocenters. The molecule has 2 amide bonds. The summed E-state index contributed by atoms with van der Waals surface area (Å²) in [5.74, 6) is 0.225. The monoisotopic (exact) mass is 329 g/mol. The summed E-state index contributed by atoms with van der Waals surface area (Å²) in [5, 5.41) is 15.6. The highest BCUT2D eigenvalue weighted by Crippen LogP contribution is 2.39. The van der Waals surface area contributed by atoms with Crippen LogP contribution >= 0.6 is 0 Å². The first-order valence-electron chi connectivity index (χ1n) is 7.83. The number of benzene rings is 1. The summed E-state index contributed by atoms with van der Waals surface area (Å²) in [4.78, 5) is 25.0. The van der Waals surface area contributed by atoms with Crippen LogP contribution in [0.5, 0.6) is 0 Å². The van der Waals surface area contributed by atoms with Gasteiger partial charge in [-0.05, 0) is 18.4 Å². The van der Waals surface area contributed by atoms with Crippen LogP contribution in [0.4, 0.5) is 10.6 Å². The van der Waals surface area contributed by atoms with E-state index in [-0.39, 0.29) is 17.7 Å². The van der Waals surface area contributed by atoms with Gasteiger partial charge in [-0.3, -0.25) is 4.79 Å². The Morgan fingerprint density at radius 2 is 1.92 bits per heavy atom. The highest BCUT2D eigenvalue weighted by Gasteiger charge is 2.39. The average molecular weight is 329 g/mol. The molecule has 126 valence electrons. The van der Waals surface area contributed by atoms with Crippen molar-refractivity contribution >= 4 is 17.8 Å². The number of carbonyl (C=O) groups excluding carboxylic acids is 1. The Kier molecular flexibility index (Phi) is 4.50. The standard InChI is InChI=1S/C17H19N3O4/c21-15(18-14-6-11-24-19-14)12-17(13-4-2-1-3-5-13)7-9-20(10-8-17)16(22)23/h1-6,11H,7-10,12H2,(H,22,23)(H,18,19,21). The number of piperidine rings is 1. The van der Waals surface area contributed by atoms with Crippen molar-refractivity contribution in [1.82, 2.24) is 10.1 Å². The van der Waals surface area contributed by atoms with E-state index >= 15 is 0 Å². The Labute approximate surface area is 139 Å². The normalized spacial score (nSPS) is 16.6. The van der Waals surface area contributed by atoms with Crippen molar-refractivity contribution in [3.8, 4) is 0 Å². The van der Waals surface area contributed by atoms with Crippen molar-refractivity contribution < 1.29 is 19.2 Å². The highest BCUT2D eigenvalue weighted by molar-refractivity contribution is 5.90. The van der Waals surface area contributed by atoms with E-state index < -0.39 is 6.09 Å². The third-order valence-corrected chi connectivity index (χ3v) is 4.58. The summed E-state index contributed by atoms with van der Waals surface area (Å²) < 4.78 is 4.72. The second-order valence-electron chi connectivity index (χ2n) is 6.03. The zero-order valence-corrected chi connectivity index (χ0v) is 13.1. The number of carboxylic acid groups (broad SMARTS) is 1. The summed E-state index contributed by atoms with van der Waals surface area (Å²) >= 11 is 0. The first kappa shape index (κ1) is 16.0. The fourth-order valence-corrected chi connectivity index (χ4v) is 3.26. The molecule has 1 aromatic carbocycles. The Hall–Kier alpha value is -2.83. The molecule has 1 aliphatic rings. The quantitative estimate of drug-likeness (QED) is 0.899. The number of hydrogen-bond acceptors (Lipinski definition) is 4. The van der Waals surface area contributed by atoms with Crippen LogP contribution in [0.15, 0.2) is 47.2 Å². The molecule has 3 rings (SSSR count). The van der Waals surface area contributed by atoms with Crippen LogP contribution in [0, 0.1) is 0 Å². The van der Waals surface area contributed by atoms with Gasteiger partial charge in [-0.25, -0.2) is 4.79 Å². The van der Waals surface area contributed by atoms with E-state index in [0.717, 1.165) is 5.56 Å². The lowest BCUT2D eigenvalue weighted by Crippen LogP contribution is -2.46. The minimum atomic E-state index is -0.913. The molecule has 0 aliphatic carbocycles. The van der Waals surface area contributed by atoms with Gasteiger partial charge < -0.3 is 19.8 Å². The molecule has 24 heavy (non-hydrogen) atoms. The lowest BCUT2D eigenvalue weighted by molar-refractivity contribution is -0.117. The van der Waals surface area contributed by atoms with Crippen molar-refractivity contribution in [2.75, 3.05) is 18.4 Å². The Morgan fingerprint density at radius 3 is 2.50 bits per heavy atom. The fraction of sp³-hybridized carbons (Fsp3) is 0.353. The molecular weight excluding hydrogens is 310 g/mol. The number of likely N-dealkylation sites (tertiary alicyclic amines) is 1. The van der Waals surface area contributed by atoms with E-state index in [0.29, 0.717) is 31.7 Å². The van der Waals surface area contributed by atoms with E-state index in [1.54, 1.807) is 6.07 Å². The zero-order chi connectivity index (χ0) is 17.0. The van der Waals surface area contributed by atoms with Gasteiger partial charge in [0.25, 0.3) is 0 Å². The van der Waals surface area contributed by atoms with Crippen molar-refractivity contribution in [3.63, 3.8) is 0 Å². The molecule has 1 saturated heterocycles. The summed E-state index contributed by atoms with van der Waals surface area (Å²) in [6.45, 7) is 0.836. The Morgan fingerprint density at radius 1 is 1.21 bits per heavy atom. The third-order valence-electron chi connectivity index (χ3n) is 4.58. The van der Waals surface area contributed by atoms with E-state index in [2.05, 4.69) is 10.5 Å². The molecule has 0 saturated carbocycles. The first-order valence-corrected chi connectivity index (χ1v) is 7.83. The second kappa shape index (κ2) is 6.74. The maximum absolute atomic E-state index is 12.4. The molecule has 7 nitrogen and oxygen atoms in total. The maximum Gasteiger partial charge on any atom is 0.407 e. The topological polar surface area (TPSA) is 95.7 Å². The van der Waals surface area contributed by atoms with Crippen molar-refractivity contribution in [2.45, 2.75) is 24.7 Å². The van der Waals surface area contributed by atoms with Crippen LogP contribution in [-0.4, -0.2) is 40.3 Å². The zero-order valence-electron chi connectivity index (χ0n) is 13.1. The second-order valence-corrected chi connectivity index (χ2v) is 6.03. The Balaban J connectivity index is 1.78. The van der Waals surface area contributed by atoms with E-state index in [1.807, 2.05) is 30.3 Å². The number of rotatable bonds is 4. The minimum absolute atomic E-state index is 0.156. The molecule has 0 bridgehead atoms. The number of aromatic nitrogens is 1. The molecule has 7 heteroatoms. The number of anilines is 1. The van der Waals surface area contributed by atoms with Crippen molar-refractivity contribution in [2.24, 2.45) is 0 Å². The molecule has 2 heterocycles. The fourth-order valence-electron chi connectivity index (χ4n) is 3.26. The van der Waals surface area contributed by atoms with Gasteiger partial charge in [0.1, 0.15) is 6.26 Å². The van der Waals surface area contributed by atoms with Crippen LogP contribution in [0.25, 0.3) is 0 Å². The van der Waals surface area contributed by atoms with Gasteiger partial charge in [0.2, 0.25) is 5.91 Å². The molecule has 1 aromatic heterocycles. The summed E-state index contributed by atoms with van der Waals surface area (Å²) in [6, 6.07) is 11.4. The Bertz CT molecular complexity index is 692. The van der Waals surface area contributed by atoms with Crippen LogP contribution in [0.3, 0.4) is 0 Å². The molecule has 2 aromatic rings. The number of carbonyl (C=O) groups is 2. The molecular formula is C17H19N3O4. The summed E-state index contributed by atoms with van der Waals surface area (Å²) in [5.41, 5.74) is 0.687.